The van der Waals surface area contributed by atoms with Crippen molar-refractivity contribution in [3.63, 3.8) is 0 Å². The van der Waals surface area contributed by atoms with Crippen LogP contribution in [0, 0.1) is 12.2 Å². The average molecular weight is 183 g/mol. The summed E-state index contributed by atoms with van der Waals surface area (Å²) in [6.07, 6.45) is 1.90. The maximum Gasteiger partial charge on any atom is 0.127 e. The van der Waals surface area contributed by atoms with Crippen LogP contribution < -0.4 is 0 Å². The number of rotatable bonds is 0. The predicted octanol–water partition coefficient (Wildman–Crippen LogP) is 3.41. The lowest BCUT2D eigenvalue weighted by atomic mass is 10.1. The van der Waals surface area contributed by atoms with Crippen molar-refractivity contribution in [2.75, 3.05) is 0 Å². The molecule has 1 heteroatoms. The van der Waals surface area contributed by atoms with Crippen LogP contribution >= 0.6 is 0 Å². The summed E-state index contributed by atoms with van der Waals surface area (Å²) in [5, 5.41) is 0. The minimum absolute atomic E-state index is 0.140. The highest BCUT2D eigenvalue weighted by atomic mass is 19.1. The van der Waals surface area contributed by atoms with E-state index in [9.17, 15) is 4.39 Å². The Labute approximate surface area is 82.0 Å². The molecule has 0 N–H and O–H groups in total. The van der Waals surface area contributed by atoms with Crippen LogP contribution in [0.25, 0.3) is 11.1 Å². The van der Waals surface area contributed by atoms with E-state index in [4.69, 9.17) is 0 Å². The van der Waals surface area contributed by atoms with Gasteiger partial charge in [0.15, 0.2) is 0 Å². The van der Waals surface area contributed by atoms with Gasteiger partial charge in [0.05, 0.1) is 0 Å². The number of hydrogen-bond donors (Lipinski definition) is 0. The minimum atomic E-state index is -0.140. The lowest BCUT2D eigenvalue weighted by molar-refractivity contribution is 0.622. The van der Waals surface area contributed by atoms with Gasteiger partial charge < -0.3 is 0 Å². The Morgan fingerprint density at radius 1 is 0.786 bits per heavy atom. The molecule has 0 aliphatic heterocycles. The van der Waals surface area contributed by atoms with Crippen molar-refractivity contribution in [3.8, 4) is 11.1 Å². The molecule has 0 spiro atoms. The fraction of sp³-hybridized carbons (Fsp3) is 0. The summed E-state index contributed by atoms with van der Waals surface area (Å²) in [7, 11) is 0. The van der Waals surface area contributed by atoms with Gasteiger partial charge in [-0.15, -0.1) is 0 Å². The molecule has 0 amide bonds. The van der Waals surface area contributed by atoms with E-state index in [1.165, 1.54) is 6.07 Å². The Morgan fingerprint density at radius 2 is 1.57 bits per heavy atom. The van der Waals surface area contributed by atoms with E-state index in [2.05, 4.69) is 0 Å². The van der Waals surface area contributed by atoms with Gasteiger partial charge >= 0.3 is 0 Å². The zero-order valence-electron chi connectivity index (χ0n) is 7.50. The zero-order chi connectivity index (χ0) is 9.54. The summed E-state index contributed by atoms with van der Waals surface area (Å²) in [5.41, 5.74) is 3.95. The van der Waals surface area contributed by atoms with Crippen LogP contribution in [0.3, 0.4) is 0 Å². The van der Waals surface area contributed by atoms with Gasteiger partial charge in [-0.1, -0.05) is 36.4 Å². The van der Waals surface area contributed by atoms with E-state index < -0.39 is 0 Å². The van der Waals surface area contributed by atoms with Crippen LogP contribution in [-0.2, 0) is 0 Å². The van der Waals surface area contributed by atoms with Crippen molar-refractivity contribution in [1.82, 2.24) is 0 Å². The van der Waals surface area contributed by atoms with Crippen LogP contribution in [0.2, 0.25) is 0 Å². The van der Waals surface area contributed by atoms with E-state index in [0.717, 1.165) is 16.7 Å². The quantitative estimate of drug-likeness (QED) is 0.501. The van der Waals surface area contributed by atoms with E-state index in [1.54, 1.807) is 6.07 Å². The van der Waals surface area contributed by atoms with Gasteiger partial charge in [-0.3, -0.25) is 0 Å². The smallest absolute Gasteiger partial charge is 0.127 e. The molecule has 0 fully saturated rings. The van der Waals surface area contributed by atoms with Gasteiger partial charge in [-0.05, 0) is 22.8 Å². The molecule has 1 aliphatic carbocycles. The molecule has 0 heterocycles. The van der Waals surface area contributed by atoms with Gasteiger partial charge in [0.1, 0.15) is 5.82 Å². The summed E-state index contributed by atoms with van der Waals surface area (Å²) >= 11 is 0. The highest BCUT2D eigenvalue weighted by Crippen LogP contribution is 2.38. The maximum atomic E-state index is 13.4. The Bertz CT molecular complexity index is 500. The first kappa shape index (κ1) is 7.74. The molecule has 2 aromatic rings. The van der Waals surface area contributed by atoms with E-state index in [0.29, 0.717) is 5.56 Å². The van der Waals surface area contributed by atoms with E-state index >= 15 is 0 Å². The first-order valence-electron chi connectivity index (χ1n) is 4.59. The molecule has 0 nitrogen and oxygen atoms in total. The Balaban J connectivity index is 2.33. The lowest BCUT2D eigenvalue weighted by Gasteiger charge is -1.99. The number of halogens is 1. The molecule has 1 radical (unpaired) electrons. The van der Waals surface area contributed by atoms with Crippen LogP contribution in [0.4, 0.5) is 4.39 Å². The van der Waals surface area contributed by atoms with E-state index in [-0.39, 0.29) is 5.82 Å². The Hall–Kier alpha value is -1.63. The van der Waals surface area contributed by atoms with Gasteiger partial charge in [0.25, 0.3) is 0 Å². The van der Waals surface area contributed by atoms with Crippen molar-refractivity contribution < 1.29 is 4.39 Å². The lowest BCUT2D eigenvalue weighted by Crippen LogP contribution is -1.83. The van der Waals surface area contributed by atoms with Crippen molar-refractivity contribution in [3.05, 3.63) is 65.8 Å². The molecule has 2 aromatic carbocycles. The molecule has 0 unspecified atom stereocenters. The third-order valence-corrected chi connectivity index (χ3v) is 2.60. The van der Waals surface area contributed by atoms with Crippen molar-refractivity contribution in [2.24, 2.45) is 0 Å². The van der Waals surface area contributed by atoms with Crippen molar-refractivity contribution in [1.29, 1.82) is 0 Å². The van der Waals surface area contributed by atoms with Crippen molar-refractivity contribution >= 4 is 0 Å². The van der Waals surface area contributed by atoms with Gasteiger partial charge in [0.2, 0.25) is 0 Å². The first-order valence-corrected chi connectivity index (χ1v) is 4.59. The molecule has 3 rings (SSSR count). The van der Waals surface area contributed by atoms with Gasteiger partial charge in [0, 0.05) is 12.0 Å². The third-order valence-electron chi connectivity index (χ3n) is 2.60. The molecule has 0 saturated carbocycles. The van der Waals surface area contributed by atoms with Crippen LogP contribution in [0.15, 0.2) is 42.5 Å². The second-order valence-electron chi connectivity index (χ2n) is 3.43. The molecule has 0 saturated heterocycles. The van der Waals surface area contributed by atoms with Gasteiger partial charge in [-0.2, -0.15) is 0 Å². The van der Waals surface area contributed by atoms with Crippen molar-refractivity contribution in [2.45, 2.75) is 0 Å². The molecule has 0 aromatic heterocycles. The molecule has 14 heavy (non-hydrogen) atoms. The molecular formula is C13H8F. The first-order chi connectivity index (χ1) is 6.86. The summed E-state index contributed by atoms with van der Waals surface area (Å²) in [4.78, 5) is 0. The van der Waals surface area contributed by atoms with Crippen LogP contribution in [-0.4, -0.2) is 0 Å². The summed E-state index contributed by atoms with van der Waals surface area (Å²) in [6, 6.07) is 13.2. The Morgan fingerprint density at radius 3 is 2.50 bits per heavy atom. The molecule has 0 atom stereocenters. The minimum Gasteiger partial charge on any atom is -0.207 e. The summed E-state index contributed by atoms with van der Waals surface area (Å²) in [6.45, 7) is 0. The van der Waals surface area contributed by atoms with Crippen LogP contribution in [0.5, 0.6) is 0 Å². The SMILES string of the molecule is Fc1cccc2c1[CH]c1ccccc1-2. The highest BCUT2D eigenvalue weighted by molar-refractivity contribution is 5.81. The largest absolute Gasteiger partial charge is 0.207 e. The Kier molecular flexibility index (Phi) is 1.48. The maximum absolute atomic E-state index is 13.4. The highest BCUT2D eigenvalue weighted by Gasteiger charge is 2.20. The van der Waals surface area contributed by atoms with E-state index in [1.807, 2.05) is 36.8 Å². The second kappa shape index (κ2) is 2.68. The average Bonchev–Trinajstić information content (AvgIpc) is 2.59. The molecule has 67 valence electrons. The molecule has 0 bridgehead atoms. The molecule has 1 aliphatic rings. The second-order valence-corrected chi connectivity index (χ2v) is 3.43. The summed E-state index contributed by atoms with van der Waals surface area (Å²) < 4.78 is 13.4. The number of benzene rings is 2. The number of hydrogen-bond acceptors (Lipinski definition) is 0. The fourth-order valence-electron chi connectivity index (χ4n) is 1.94. The monoisotopic (exact) mass is 183 g/mol. The van der Waals surface area contributed by atoms with Gasteiger partial charge in [-0.25, -0.2) is 4.39 Å². The zero-order valence-corrected chi connectivity index (χ0v) is 7.50. The molecular weight excluding hydrogens is 175 g/mol. The normalized spacial score (nSPS) is 12.4. The standard InChI is InChI=1S/C13H8F/c14-13-7-3-6-11-10-5-2-1-4-9(10)8-12(11)13/h1-8H. The summed E-state index contributed by atoms with van der Waals surface area (Å²) in [5.74, 6) is -0.140. The topological polar surface area (TPSA) is 0 Å². The third kappa shape index (κ3) is 0.925. The number of fused-ring (bicyclic) bond motifs is 3. The predicted molar refractivity (Wildman–Crippen MR) is 54.3 cm³/mol. The van der Waals surface area contributed by atoms with Crippen LogP contribution in [0.1, 0.15) is 11.1 Å². The fourth-order valence-corrected chi connectivity index (χ4v) is 1.94.